The van der Waals surface area contributed by atoms with E-state index in [4.69, 9.17) is 16.2 Å². The molecular weight excluding hydrogens is 332 g/mol. The zero-order valence-electron chi connectivity index (χ0n) is 13.2. The Balaban J connectivity index is 1.91. The maximum absolute atomic E-state index is 12.8. The molecule has 2 heterocycles. The van der Waals surface area contributed by atoms with Crippen molar-refractivity contribution >= 4 is 28.3 Å². The summed E-state index contributed by atoms with van der Waals surface area (Å²) in [6.45, 7) is 0. The van der Waals surface area contributed by atoms with Crippen molar-refractivity contribution in [2.75, 3.05) is 11.5 Å². The van der Waals surface area contributed by atoms with E-state index in [1.165, 1.54) is 11.8 Å². The fourth-order valence-corrected chi connectivity index (χ4v) is 5.12. The minimum absolute atomic E-state index is 0.0584. The van der Waals surface area contributed by atoms with Crippen molar-refractivity contribution in [3.05, 3.63) is 82.9 Å². The molecule has 0 radical (unpaired) electrons. The van der Waals surface area contributed by atoms with Gasteiger partial charge in [0.15, 0.2) is 0 Å². The number of ether oxygens (including phenoxy) is 1. The number of benzene rings is 3. The highest BCUT2D eigenvalue weighted by atomic mass is 32.2. The molecule has 0 amide bonds. The summed E-state index contributed by atoms with van der Waals surface area (Å²) < 4.78 is 5.45. The van der Waals surface area contributed by atoms with E-state index in [1.807, 2.05) is 48.5 Å². The second kappa shape index (κ2) is 4.80. The van der Waals surface area contributed by atoms with Crippen LogP contribution in [0.5, 0.6) is 11.5 Å². The molecule has 2 aliphatic rings. The normalized spacial score (nSPS) is 16.1. The molecule has 2 aliphatic heterocycles. The van der Waals surface area contributed by atoms with Crippen molar-refractivity contribution in [3.8, 4) is 11.5 Å². The number of anilines is 2. The summed E-state index contributed by atoms with van der Waals surface area (Å²) >= 11 is 1.31. The molecule has 3 aromatic rings. The van der Waals surface area contributed by atoms with Crippen molar-refractivity contribution in [2.24, 2.45) is 0 Å². The van der Waals surface area contributed by atoms with Crippen LogP contribution in [-0.4, -0.2) is 5.12 Å². The Bertz CT molecular complexity index is 1010. The smallest absolute Gasteiger partial charge is 0.221 e. The zero-order valence-corrected chi connectivity index (χ0v) is 14.0. The molecule has 1 spiro atoms. The van der Waals surface area contributed by atoms with Crippen LogP contribution in [0.2, 0.25) is 0 Å². The highest BCUT2D eigenvalue weighted by molar-refractivity contribution is 8.15. The van der Waals surface area contributed by atoms with E-state index in [0.717, 1.165) is 22.3 Å². The van der Waals surface area contributed by atoms with Gasteiger partial charge in [0, 0.05) is 40.2 Å². The maximum Gasteiger partial charge on any atom is 0.221 e. The Kier molecular flexibility index (Phi) is 2.77. The van der Waals surface area contributed by atoms with Gasteiger partial charge < -0.3 is 16.2 Å². The molecule has 0 bridgehead atoms. The van der Waals surface area contributed by atoms with Crippen LogP contribution < -0.4 is 16.2 Å². The van der Waals surface area contributed by atoms with Crippen LogP contribution in [0.3, 0.4) is 0 Å². The molecule has 5 rings (SSSR count). The summed E-state index contributed by atoms with van der Waals surface area (Å²) in [7, 11) is 0. The van der Waals surface area contributed by atoms with Gasteiger partial charge in [0.1, 0.15) is 16.2 Å². The molecule has 0 saturated heterocycles. The number of hydrogen-bond donors (Lipinski definition) is 2. The summed E-state index contributed by atoms with van der Waals surface area (Å²) in [5.41, 5.74) is 16.7. The molecule has 0 saturated carbocycles. The number of thioether (sulfide) groups is 1. The van der Waals surface area contributed by atoms with Gasteiger partial charge in [-0.1, -0.05) is 48.2 Å². The molecule has 0 aliphatic carbocycles. The van der Waals surface area contributed by atoms with E-state index in [2.05, 4.69) is 0 Å². The van der Waals surface area contributed by atoms with Gasteiger partial charge in [-0.2, -0.15) is 0 Å². The summed E-state index contributed by atoms with van der Waals surface area (Å²) in [6.07, 6.45) is 0. The van der Waals surface area contributed by atoms with E-state index < -0.39 is 4.75 Å². The van der Waals surface area contributed by atoms with Crippen LogP contribution in [0.4, 0.5) is 11.4 Å². The second-order valence-corrected chi connectivity index (χ2v) is 7.42. The molecule has 25 heavy (non-hydrogen) atoms. The molecule has 0 atom stereocenters. The standard InChI is InChI=1S/C20H14N2O2S/c21-11-5-7-15-17(9-11)24-18-10-12(22)6-8-16(18)20(15)14-4-2-1-3-13(14)19(23)25-20/h1-10H,21-22H2. The molecule has 0 aromatic heterocycles. The third-order valence-electron chi connectivity index (χ3n) is 4.76. The van der Waals surface area contributed by atoms with Gasteiger partial charge in [-0.05, 0) is 17.7 Å². The Hall–Kier alpha value is -2.92. The molecule has 0 fully saturated rings. The van der Waals surface area contributed by atoms with Crippen LogP contribution in [0.15, 0.2) is 60.7 Å². The third kappa shape index (κ3) is 1.81. The first-order valence-electron chi connectivity index (χ1n) is 7.90. The number of fused-ring (bicyclic) bond motifs is 6. The zero-order chi connectivity index (χ0) is 17.2. The van der Waals surface area contributed by atoms with Gasteiger partial charge in [-0.3, -0.25) is 4.79 Å². The minimum Gasteiger partial charge on any atom is -0.456 e. The largest absolute Gasteiger partial charge is 0.456 e. The fraction of sp³-hybridized carbons (Fsp3) is 0.0500. The van der Waals surface area contributed by atoms with Gasteiger partial charge in [0.05, 0.1) is 0 Å². The number of carbonyl (C=O) groups is 1. The lowest BCUT2D eigenvalue weighted by Gasteiger charge is -2.37. The third-order valence-corrected chi connectivity index (χ3v) is 6.13. The summed E-state index contributed by atoms with van der Waals surface area (Å²) in [6, 6.07) is 18.9. The molecule has 4 N–H and O–H groups in total. The highest BCUT2D eigenvalue weighted by Crippen LogP contribution is 2.62. The van der Waals surface area contributed by atoms with Gasteiger partial charge in [-0.25, -0.2) is 0 Å². The van der Waals surface area contributed by atoms with Crippen LogP contribution in [0, 0.1) is 0 Å². The topological polar surface area (TPSA) is 78.3 Å². The Labute approximate surface area is 148 Å². The summed E-state index contributed by atoms with van der Waals surface area (Å²) in [5, 5.41) is 0.0584. The molecule has 4 nitrogen and oxygen atoms in total. The van der Waals surface area contributed by atoms with E-state index in [9.17, 15) is 4.79 Å². The quantitative estimate of drug-likeness (QED) is 0.598. The van der Waals surface area contributed by atoms with Crippen molar-refractivity contribution < 1.29 is 9.53 Å². The predicted octanol–water partition coefficient (Wildman–Crippen LogP) is 4.14. The van der Waals surface area contributed by atoms with Gasteiger partial charge >= 0.3 is 0 Å². The van der Waals surface area contributed by atoms with Crippen LogP contribution in [0.1, 0.15) is 27.0 Å². The van der Waals surface area contributed by atoms with E-state index in [1.54, 1.807) is 12.1 Å². The lowest BCUT2D eigenvalue weighted by molar-refractivity contribution is 0.109. The highest BCUT2D eigenvalue weighted by Gasteiger charge is 2.52. The first-order chi connectivity index (χ1) is 12.1. The van der Waals surface area contributed by atoms with Crippen molar-refractivity contribution in [2.45, 2.75) is 4.75 Å². The van der Waals surface area contributed by atoms with E-state index >= 15 is 0 Å². The predicted molar refractivity (Wildman–Crippen MR) is 100 cm³/mol. The number of hydrogen-bond acceptors (Lipinski definition) is 5. The van der Waals surface area contributed by atoms with Gasteiger partial charge in [-0.15, -0.1) is 0 Å². The van der Waals surface area contributed by atoms with Crippen molar-refractivity contribution in [1.82, 2.24) is 0 Å². The van der Waals surface area contributed by atoms with Crippen LogP contribution in [-0.2, 0) is 4.75 Å². The SMILES string of the molecule is Nc1ccc2c(c1)Oc1cc(N)ccc1C21SC(=O)c2ccccc21. The number of rotatable bonds is 0. The lowest BCUT2D eigenvalue weighted by atomic mass is 9.80. The molecule has 3 aromatic carbocycles. The summed E-state index contributed by atoms with van der Waals surface area (Å²) in [5.74, 6) is 1.32. The van der Waals surface area contributed by atoms with Crippen LogP contribution in [0.25, 0.3) is 0 Å². The second-order valence-electron chi connectivity index (χ2n) is 6.23. The van der Waals surface area contributed by atoms with Crippen LogP contribution >= 0.6 is 11.8 Å². The Morgan fingerprint density at radius 3 is 2.04 bits per heavy atom. The van der Waals surface area contributed by atoms with E-state index in [-0.39, 0.29) is 5.12 Å². The molecule has 0 unspecified atom stereocenters. The average Bonchev–Trinajstić information content (AvgIpc) is 2.88. The van der Waals surface area contributed by atoms with Crippen molar-refractivity contribution in [1.29, 1.82) is 0 Å². The monoisotopic (exact) mass is 346 g/mol. The first kappa shape index (κ1) is 14.4. The van der Waals surface area contributed by atoms with E-state index in [0.29, 0.717) is 22.9 Å². The number of nitrogens with two attached hydrogens (primary N) is 2. The van der Waals surface area contributed by atoms with Crippen molar-refractivity contribution in [3.63, 3.8) is 0 Å². The van der Waals surface area contributed by atoms with Gasteiger partial charge in [0.25, 0.3) is 0 Å². The van der Waals surface area contributed by atoms with Gasteiger partial charge in [0.2, 0.25) is 5.12 Å². The Morgan fingerprint density at radius 2 is 1.40 bits per heavy atom. The first-order valence-corrected chi connectivity index (χ1v) is 8.72. The average molecular weight is 346 g/mol. The number of carbonyl (C=O) groups excluding carboxylic acids is 1. The molecule has 122 valence electrons. The summed E-state index contributed by atoms with van der Waals surface area (Å²) in [4.78, 5) is 12.8. The molecular formula is C20H14N2O2S. The minimum atomic E-state index is -0.641. The molecule has 5 heteroatoms. The Morgan fingerprint density at radius 1 is 0.800 bits per heavy atom. The fourth-order valence-electron chi connectivity index (χ4n) is 3.71. The number of nitrogen functional groups attached to an aromatic ring is 2. The maximum atomic E-state index is 12.8. The lowest BCUT2D eigenvalue weighted by Crippen LogP contribution is -2.27.